The van der Waals surface area contributed by atoms with E-state index in [2.05, 4.69) is 23.4 Å². The van der Waals surface area contributed by atoms with Gasteiger partial charge in [0.25, 0.3) is 0 Å². The van der Waals surface area contributed by atoms with Crippen LogP contribution in [0.25, 0.3) is 0 Å². The SMILES string of the molecule is CC(C)CCCSc1ncc(CCl)n1C. The highest BCUT2D eigenvalue weighted by atomic mass is 35.5. The quantitative estimate of drug-likeness (QED) is 0.433. The summed E-state index contributed by atoms with van der Waals surface area (Å²) in [5.41, 5.74) is 1.09. The highest BCUT2D eigenvalue weighted by Crippen LogP contribution is 2.20. The van der Waals surface area contributed by atoms with Crippen LogP contribution in [-0.2, 0) is 12.9 Å². The molecule has 0 amide bonds. The minimum Gasteiger partial charge on any atom is -0.325 e. The lowest BCUT2D eigenvalue weighted by Gasteiger charge is -2.05. The number of nitrogens with zero attached hydrogens (tertiary/aromatic N) is 2. The van der Waals surface area contributed by atoms with Crippen molar-refractivity contribution in [2.24, 2.45) is 13.0 Å². The average Bonchev–Trinajstić information content (AvgIpc) is 2.54. The second-order valence-electron chi connectivity index (χ2n) is 4.11. The molecule has 0 radical (unpaired) electrons. The first kappa shape index (κ1) is 12.9. The van der Waals surface area contributed by atoms with Gasteiger partial charge in [0.15, 0.2) is 5.16 Å². The van der Waals surface area contributed by atoms with E-state index in [0.29, 0.717) is 5.88 Å². The fraction of sp³-hybridized carbons (Fsp3) is 0.727. The van der Waals surface area contributed by atoms with Crippen LogP contribution in [0.2, 0.25) is 0 Å². The summed E-state index contributed by atoms with van der Waals surface area (Å²) < 4.78 is 2.08. The molecule has 2 nitrogen and oxygen atoms in total. The van der Waals surface area contributed by atoms with E-state index in [0.717, 1.165) is 22.5 Å². The Balaban J connectivity index is 2.34. The largest absolute Gasteiger partial charge is 0.325 e. The zero-order valence-electron chi connectivity index (χ0n) is 9.66. The number of thioether (sulfide) groups is 1. The molecular formula is C11H19ClN2S. The third-order valence-electron chi connectivity index (χ3n) is 2.34. The van der Waals surface area contributed by atoms with E-state index in [-0.39, 0.29) is 0 Å². The van der Waals surface area contributed by atoms with Gasteiger partial charge in [-0.15, -0.1) is 11.6 Å². The fourth-order valence-corrected chi connectivity index (χ4v) is 2.52. The van der Waals surface area contributed by atoms with Crippen molar-refractivity contribution >= 4 is 23.4 Å². The molecule has 0 N–H and O–H groups in total. The number of rotatable bonds is 6. The summed E-state index contributed by atoms with van der Waals surface area (Å²) in [5, 5.41) is 1.08. The lowest BCUT2D eigenvalue weighted by molar-refractivity contribution is 0.579. The number of imidazole rings is 1. The molecule has 0 unspecified atom stereocenters. The van der Waals surface area contributed by atoms with E-state index in [1.165, 1.54) is 12.8 Å². The van der Waals surface area contributed by atoms with Gasteiger partial charge in [0, 0.05) is 12.8 Å². The third-order valence-corrected chi connectivity index (χ3v) is 3.74. The number of alkyl halides is 1. The van der Waals surface area contributed by atoms with Crippen LogP contribution in [0.15, 0.2) is 11.4 Å². The van der Waals surface area contributed by atoms with Gasteiger partial charge in [0.2, 0.25) is 0 Å². The minimum absolute atomic E-state index is 0.538. The molecule has 0 aliphatic carbocycles. The standard InChI is InChI=1S/C11H19ClN2S/c1-9(2)5-4-6-15-11-13-8-10(7-12)14(11)3/h8-9H,4-7H2,1-3H3. The van der Waals surface area contributed by atoms with Gasteiger partial charge >= 0.3 is 0 Å². The third kappa shape index (κ3) is 4.07. The molecule has 15 heavy (non-hydrogen) atoms. The van der Waals surface area contributed by atoms with E-state index < -0.39 is 0 Å². The van der Waals surface area contributed by atoms with Gasteiger partial charge in [-0.3, -0.25) is 0 Å². The van der Waals surface area contributed by atoms with E-state index in [4.69, 9.17) is 11.6 Å². The van der Waals surface area contributed by atoms with Crippen LogP contribution in [0.5, 0.6) is 0 Å². The first-order valence-corrected chi connectivity index (χ1v) is 6.86. The molecule has 0 saturated heterocycles. The molecular weight excluding hydrogens is 228 g/mol. The summed E-state index contributed by atoms with van der Waals surface area (Å²) in [6.45, 7) is 4.52. The van der Waals surface area contributed by atoms with Crippen LogP contribution < -0.4 is 0 Å². The van der Waals surface area contributed by atoms with Crippen LogP contribution in [0.1, 0.15) is 32.4 Å². The predicted molar refractivity (Wildman–Crippen MR) is 67.6 cm³/mol. The predicted octanol–water partition coefficient (Wildman–Crippen LogP) is 3.69. The Morgan fingerprint density at radius 1 is 1.53 bits per heavy atom. The molecule has 1 rings (SSSR count). The van der Waals surface area contributed by atoms with Gasteiger partial charge in [0.05, 0.1) is 17.8 Å². The van der Waals surface area contributed by atoms with Crippen LogP contribution in [0, 0.1) is 5.92 Å². The Bertz CT molecular complexity index is 297. The molecule has 0 aliphatic heterocycles. The van der Waals surface area contributed by atoms with Crippen LogP contribution in [0.4, 0.5) is 0 Å². The van der Waals surface area contributed by atoms with Crippen molar-refractivity contribution in [3.63, 3.8) is 0 Å². The van der Waals surface area contributed by atoms with E-state index in [1.807, 2.05) is 25.0 Å². The first-order valence-electron chi connectivity index (χ1n) is 5.34. The number of hydrogen-bond acceptors (Lipinski definition) is 2. The van der Waals surface area contributed by atoms with E-state index in [1.54, 1.807) is 0 Å². The molecule has 0 bridgehead atoms. The monoisotopic (exact) mass is 246 g/mol. The lowest BCUT2D eigenvalue weighted by atomic mass is 10.1. The van der Waals surface area contributed by atoms with Gasteiger partial charge in [-0.25, -0.2) is 4.98 Å². The molecule has 1 heterocycles. The molecule has 0 fully saturated rings. The topological polar surface area (TPSA) is 17.8 Å². The highest BCUT2D eigenvalue weighted by Gasteiger charge is 2.05. The zero-order valence-corrected chi connectivity index (χ0v) is 11.2. The highest BCUT2D eigenvalue weighted by molar-refractivity contribution is 7.99. The van der Waals surface area contributed by atoms with Crippen molar-refractivity contribution in [3.8, 4) is 0 Å². The fourth-order valence-electron chi connectivity index (χ4n) is 1.34. The average molecular weight is 247 g/mol. The van der Waals surface area contributed by atoms with Gasteiger partial charge < -0.3 is 4.57 Å². The van der Waals surface area contributed by atoms with Gasteiger partial charge in [-0.1, -0.05) is 32.0 Å². The maximum Gasteiger partial charge on any atom is 0.167 e. The molecule has 1 aromatic heterocycles. The van der Waals surface area contributed by atoms with Gasteiger partial charge in [0.1, 0.15) is 0 Å². The summed E-state index contributed by atoms with van der Waals surface area (Å²) in [5.74, 6) is 2.48. The second kappa shape index (κ2) is 6.44. The van der Waals surface area contributed by atoms with E-state index >= 15 is 0 Å². The maximum absolute atomic E-state index is 5.78. The van der Waals surface area contributed by atoms with Crippen molar-refractivity contribution in [3.05, 3.63) is 11.9 Å². The molecule has 86 valence electrons. The second-order valence-corrected chi connectivity index (χ2v) is 5.44. The Morgan fingerprint density at radius 3 is 2.80 bits per heavy atom. The molecule has 0 saturated carbocycles. The van der Waals surface area contributed by atoms with Crippen molar-refractivity contribution in [1.82, 2.24) is 9.55 Å². The Labute approximate surface area is 101 Å². The molecule has 4 heteroatoms. The van der Waals surface area contributed by atoms with Crippen molar-refractivity contribution in [1.29, 1.82) is 0 Å². The Kier molecular flexibility index (Phi) is 5.54. The zero-order chi connectivity index (χ0) is 11.3. The minimum atomic E-state index is 0.538. The lowest BCUT2D eigenvalue weighted by Crippen LogP contribution is -1.96. The number of hydrogen-bond donors (Lipinski definition) is 0. The van der Waals surface area contributed by atoms with Crippen molar-refractivity contribution in [2.45, 2.75) is 37.7 Å². The van der Waals surface area contributed by atoms with Crippen molar-refractivity contribution < 1.29 is 0 Å². The number of aromatic nitrogens is 2. The van der Waals surface area contributed by atoms with Crippen LogP contribution in [0.3, 0.4) is 0 Å². The van der Waals surface area contributed by atoms with Gasteiger partial charge in [-0.05, 0) is 12.3 Å². The molecule has 0 spiro atoms. The molecule has 1 aromatic rings. The summed E-state index contributed by atoms with van der Waals surface area (Å²) in [6, 6.07) is 0. The first-order chi connectivity index (χ1) is 7.15. The summed E-state index contributed by atoms with van der Waals surface area (Å²) in [4.78, 5) is 4.34. The molecule has 0 atom stereocenters. The van der Waals surface area contributed by atoms with Crippen molar-refractivity contribution in [2.75, 3.05) is 5.75 Å². The van der Waals surface area contributed by atoms with Crippen LogP contribution >= 0.6 is 23.4 Å². The van der Waals surface area contributed by atoms with E-state index in [9.17, 15) is 0 Å². The Hall–Kier alpha value is -0.150. The Morgan fingerprint density at radius 2 is 2.27 bits per heavy atom. The molecule has 0 aliphatic rings. The van der Waals surface area contributed by atoms with Gasteiger partial charge in [-0.2, -0.15) is 0 Å². The maximum atomic E-state index is 5.78. The summed E-state index contributed by atoms with van der Waals surface area (Å²) >= 11 is 7.60. The molecule has 0 aromatic carbocycles. The van der Waals surface area contributed by atoms with Crippen LogP contribution in [-0.4, -0.2) is 15.3 Å². The number of halogens is 1. The normalized spacial score (nSPS) is 11.3. The smallest absolute Gasteiger partial charge is 0.167 e. The summed E-state index contributed by atoms with van der Waals surface area (Å²) in [7, 11) is 2.02. The summed E-state index contributed by atoms with van der Waals surface area (Å²) in [6.07, 6.45) is 4.41.